The quantitative estimate of drug-likeness (QED) is 0.683. The molecule has 0 aromatic carbocycles. The van der Waals surface area contributed by atoms with Crippen molar-refractivity contribution in [2.24, 2.45) is 0 Å². The highest BCUT2D eigenvalue weighted by molar-refractivity contribution is 5.01. The molecular weight excluding hydrogens is 186 g/mol. The van der Waals surface area contributed by atoms with Crippen LogP contribution in [0.15, 0.2) is 12.7 Å². The zero-order valence-electron chi connectivity index (χ0n) is 10.2. The second-order valence-electron chi connectivity index (χ2n) is 4.52. The summed E-state index contributed by atoms with van der Waals surface area (Å²) in [5.74, 6) is 0. The Morgan fingerprint density at radius 2 is 1.87 bits per heavy atom. The monoisotopic (exact) mass is 211 g/mol. The maximum atomic E-state index is 10.3. The van der Waals surface area contributed by atoms with E-state index in [1.807, 2.05) is 6.08 Å². The summed E-state index contributed by atoms with van der Waals surface area (Å²) in [6.45, 7) is 10.2. The molecule has 0 aromatic heterocycles. The average Bonchev–Trinajstić information content (AvgIpc) is 2.70. The highest BCUT2D eigenvalue weighted by Crippen LogP contribution is 2.39. The molecule has 1 N–H and O–H groups in total. The molecule has 0 heterocycles. The van der Waals surface area contributed by atoms with Crippen molar-refractivity contribution in [2.45, 2.75) is 57.6 Å². The highest BCUT2D eigenvalue weighted by atomic mass is 16.3. The standard InChI is InChI=1S/C13H25NO/c1-4-9-12(15)13(10-7-8-11-13)14(5-2)6-3/h4,12,15H,1,5-11H2,2-3H3. The summed E-state index contributed by atoms with van der Waals surface area (Å²) in [5, 5.41) is 10.3. The number of aliphatic hydroxyl groups is 1. The van der Waals surface area contributed by atoms with Crippen LogP contribution in [0.3, 0.4) is 0 Å². The first-order valence-electron chi connectivity index (χ1n) is 6.25. The molecule has 0 spiro atoms. The van der Waals surface area contributed by atoms with Crippen LogP contribution in [0.2, 0.25) is 0 Å². The molecule has 1 aliphatic rings. The molecule has 0 radical (unpaired) electrons. The van der Waals surface area contributed by atoms with Gasteiger partial charge in [-0.2, -0.15) is 0 Å². The molecule has 15 heavy (non-hydrogen) atoms. The molecule has 0 saturated heterocycles. The summed E-state index contributed by atoms with van der Waals surface area (Å²) in [7, 11) is 0. The minimum absolute atomic E-state index is 0.0394. The van der Waals surface area contributed by atoms with E-state index in [2.05, 4.69) is 25.3 Å². The Kier molecular flexibility index (Phi) is 4.81. The van der Waals surface area contributed by atoms with Gasteiger partial charge in [0.2, 0.25) is 0 Å². The van der Waals surface area contributed by atoms with Gasteiger partial charge in [-0.05, 0) is 32.4 Å². The van der Waals surface area contributed by atoms with Gasteiger partial charge in [-0.25, -0.2) is 0 Å². The van der Waals surface area contributed by atoms with E-state index in [1.165, 1.54) is 12.8 Å². The summed E-state index contributed by atoms with van der Waals surface area (Å²) >= 11 is 0. The van der Waals surface area contributed by atoms with Crippen molar-refractivity contribution >= 4 is 0 Å². The largest absolute Gasteiger partial charge is 0.391 e. The number of hydrogen-bond acceptors (Lipinski definition) is 2. The number of nitrogens with zero attached hydrogens (tertiary/aromatic N) is 1. The molecule has 1 fully saturated rings. The van der Waals surface area contributed by atoms with Gasteiger partial charge < -0.3 is 5.11 Å². The number of rotatable bonds is 6. The van der Waals surface area contributed by atoms with Crippen LogP contribution in [0.25, 0.3) is 0 Å². The molecular formula is C13H25NO. The Hall–Kier alpha value is -0.340. The molecule has 0 aromatic rings. The fraction of sp³-hybridized carbons (Fsp3) is 0.846. The topological polar surface area (TPSA) is 23.5 Å². The molecule has 0 amide bonds. The van der Waals surface area contributed by atoms with Gasteiger partial charge in [0.05, 0.1) is 6.10 Å². The van der Waals surface area contributed by atoms with Crippen molar-refractivity contribution in [3.63, 3.8) is 0 Å². The van der Waals surface area contributed by atoms with E-state index in [9.17, 15) is 5.11 Å². The van der Waals surface area contributed by atoms with Crippen molar-refractivity contribution in [1.82, 2.24) is 4.90 Å². The van der Waals surface area contributed by atoms with E-state index in [4.69, 9.17) is 0 Å². The van der Waals surface area contributed by atoms with Crippen molar-refractivity contribution in [3.8, 4) is 0 Å². The second-order valence-corrected chi connectivity index (χ2v) is 4.52. The Balaban J connectivity index is 2.80. The van der Waals surface area contributed by atoms with Crippen molar-refractivity contribution in [1.29, 1.82) is 0 Å². The summed E-state index contributed by atoms with van der Waals surface area (Å²) in [6.07, 6.45) is 7.12. The third-order valence-electron chi connectivity index (χ3n) is 3.87. The molecule has 1 aliphatic carbocycles. The first-order valence-corrected chi connectivity index (χ1v) is 6.25. The molecule has 1 atom stereocenters. The van der Waals surface area contributed by atoms with Crippen LogP contribution in [0.4, 0.5) is 0 Å². The minimum Gasteiger partial charge on any atom is -0.391 e. The van der Waals surface area contributed by atoms with Crippen LogP contribution in [-0.2, 0) is 0 Å². The van der Waals surface area contributed by atoms with Crippen molar-refractivity contribution in [2.75, 3.05) is 13.1 Å². The fourth-order valence-corrected chi connectivity index (χ4v) is 3.08. The zero-order chi connectivity index (χ0) is 11.3. The Morgan fingerprint density at radius 1 is 1.33 bits per heavy atom. The van der Waals surface area contributed by atoms with Crippen molar-refractivity contribution in [3.05, 3.63) is 12.7 Å². The average molecular weight is 211 g/mol. The van der Waals surface area contributed by atoms with Gasteiger partial charge >= 0.3 is 0 Å². The highest BCUT2D eigenvalue weighted by Gasteiger charge is 2.43. The molecule has 88 valence electrons. The Bertz CT molecular complexity index is 193. The van der Waals surface area contributed by atoms with Crippen LogP contribution < -0.4 is 0 Å². The van der Waals surface area contributed by atoms with E-state index < -0.39 is 0 Å². The predicted octanol–water partition coefficient (Wildman–Crippen LogP) is 2.58. The first kappa shape index (κ1) is 12.7. The summed E-state index contributed by atoms with van der Waals surface area (Å²) in [6, 6.07) is 0. The molecule has 1 unspecified atom stereocenters. The lowest BCUT2D eigenvalue weighted by Gasteiger charge is -2.43. The smallest absolute Gasteiger partial charge is 0.0758 e. The molecule has 2 heteroatoms. The van der Waals surface area contributed by atoms with Crippen LogP contribution >= 0.6 is 0 Å². The molecule has 1 saturated carbocycles. The van der Waals surface area contributed by atoms with Gasteiger partial charge in [0.25, 0.3) is 0 Å². The summed E-state index contributed by atoms with van der Waals surface area (Å²) in [5.41, 5.74) is 0.0394. The second kappa shape index (κ2) is 5.66. The fourth-order valence-electron chi connectivity index (χ4n) is 3.08. The van der Waals surface area contributed by atoms with E-state index >= 15 is 0 Å². The summed E-state index contributed by atoms with van der Waals surface area (Å²) < 4.78 is 0. The minimum atomic E-state index is -0.239. The third-order valence-corrected chi connectivity index (χ3v) is 3.87. The maximum Gasteiger partial charge on any atom is 0.0758 e. The molecule has 2 nitrogen and oxygen atoms in total. The van der Waals surface area contributed by atoms with Crippen LogP contribution in [0.5, 0.6) is 0 Å². The van der Waals surface area contributed by atoms with Gasteiger partial charge in [-0.3, -0.25) is 4.90 Å². The van der Waals surface area contributed by atoms with Crippen LogP contribution in [0.1, 0.15) is 46.0 Å². The van der Waals surface area contributed by atoms with E-state index in [-0.39, 0.29) is 11.6 Å². The van der Waals surface area contributed by atoms with Gasteiger partial charge in [0.1, 0.15) is 0 Å². The molecule has 0 bridgehead atoms. The van der Waals surface area contributed by atoms with Crippen molar-refractivity contribution < 1.29 is 5.11 Å². The number of aliphatic hydroxyl groups excluding tert-OH is 1. The lowest BCUT2D eigenvalue weighted by Crippen LogP contribution is -2.54. The predicted molar refractivity (Wildman–Crippen MR) is 64.9 cm³/mol. The van der Waals surface area contributed by atoms with Gasteiger partial charge in [0, 0.05) is 5.54 Å². The maximum absolute atomic E-state index is 10.3. The van der Waals surface area contributed by atoms with Gasteiger partial charge in [0.15, 0.2) is 0 Å². The Labute approximate surface area is 94.0 Å². The third kappa shape index (κ3) is 2.43. The molecule has 0 aliphatic heterocycles. The van der Waals surface area contributed by atoms with Gasteiger partial charge in [-0.15, -0.1) is 6.58 Å². The van der Waals surface area contributed by atoms with E-state index in [1.54, 1.807) is 0 Å². The van der Waals surface area contributed by atoms with E-state index in [0.29, 0.717) is 0 Å². The normalized spacial score (nSPS) is 21.9. The van der Waals surface area contributed by atoms with Crippen LogP contribution in [0, 0.1) is 0 Å². The first-order chi connectivity index (χ1) is 7.21. The lowest BCUT2D eigenvalue weighted by molar-refractivity contribution is -0.0230. The summed E-state index contributed by atoms with van der Waals surface area (Å²) in [4.78, 5) is 2.44. The lowest BCUT2D eigenvalue weighted by atomic mass is 9.86. The molecule has 1 rings (SSSR count). The van der Waals surface area contributed by atoms with E-state index in [0.717, 1.165) is 32.4 Å². The number of likely N-dealkylation sites (N-methyl/N-ethyl adjacent to an activating group) is 1. The zero-order valence-corrected chi connectivity index (χ0v) is 10.2. The number of hydrogen-bond donors (Lipinski definition) is 1. The van der Waals surface area contributed by atoms with Crippen LogP contribution in [-0.4, -0.2) is 34.7 Å². The Morgan fingerprint density at radius 3 is 2.27 bits per heavy atom. The SMILES string of the molecule is C=CCC(O)C1(N(CC)CC)CCCC1. The van der Waals surface area contributed by atoms with Gasteiger partial charge in [-0.1, -0.05) is 32.8 Å².